The van der Waals surface area contributed by atoms with Crippen molar-refractivity contribution in [3.05, 3.63) is 29.8 Å². The number of nitrogens with two attached hydrogens (primary N) is 1. The number of rotatable bonds is 3. The highest BCUT2D eigenvalue weighted by Crippen LogP contribution is 2.27. The fourth-order valence-electron chi connectivity index (χ4n) is 2.73. The highest BCUT2D eigenvalue weighted by molar-refractivity contribution is 5.49. The third kappa shape index (κ3) is 2.81. The van der Waals surface area contributed by atoms with Gasteiger partial charge in [-0.15, -0.1) is 0 Å². The standard InChI is InChI=1S/C15H24N2/c1-3-14-6-4-5-11-17(14)15-9-7-13(8-10-15)12(2)16/h7-10,12,14H,3-6,11,16H2,1-2H3. The second-order valence-corrected chi connectivity index (χ2v) is 5.13. The van der Waals surface area contributed by atoms with Crippen molar-refractivity contribution < 1.29 is 0 Å². The van der Waals surface area contributed by atoms with Crippen LogP contribution in [0.1, 0.15) is 51.1 Å². The average molecular weight is 232 g/mol. The third-order valence-electron chi connectivity index (χ3n) is 3.85. The minimum absolute atomic E-state index is 0.132. The van der Waals surface area contributed by atoms with E-state index in [1.165, 1.54) is 43.5 Å². The fourth-order valence-corrected chi connectivity index (χ4v) is 2.73. The van der Waals surface area contributed by atoms with Crippen LogP contribution in [0.2, 0.25) is 0 Å². The lowest BCUT2D eigenvalue weighted by molar-refractivity contribution is 0.450. The number of piperidine rings is 1. The zero-order valence-corrected chi connectivity index (χ0v) is 11.0. The summed E-state index contributed by atoms with van der Waals surface area (Å²) < 4.78 is 0. The number of hydrogen-bond donors (Lipinski definition) is 1. The van der Waals surface area contributed by atoms with Gasteiger partial charge in [-0.1, -0.05) is 19.1 Å². The van der Waals surface area contributed by atoms with Crippen LogP contribution in [0.25, 0.3) is 0 Å². The van der Waals surface area contributed by atoms with Crippen molar-refractivity contribution in [2.75, 3.05) is 11.4 Å². The van der Waals surface area contributed by atoms with E-state index in [0.717, 1.165) is 6.04 Å². The van der Waals surface area contributed by atoms with Crippen molar-refractivity contribution in [1.29, 1.82) is 0 Å². The summed E-state index contributed by atoms with van der Waals surface area (Å²) in [7, 11) is 0. The van der Waals surface area contributed by atoms with Gasteiger partial charge in [-0.05, 0) is 50.3 Å². The van der Waals surface area contributed by atoms with Gasteiger partial charge in [0.05, 0.1) is 0 Å². The molecule has 2 rings (SSSR count). The Hall–Kier alpha value is -1.02. The second kappa shape index (κ2) is 5.54. The Balaban J connectivity index is 2.15. The Morgan fingerprint density at radius 1 is 1.29 bits per heavy atom. The summed E-state index contributed by atoms with van der Waals surface area (Å²) in [5, 5.41) is 0. The van der Waals surface area contributed by atoms with Gasteiger partial charge in [-0.25, -0.2) is 0 Å². The van der Waals surface area contributed by atoms with Gasteiger partial charge in [0.25, 0.3) is 0 Å². The molecule has 2 heteroatoms. The number of hydrogen-bond acceptors (Lipinski definition) is 2. The van der Waals surface area contributed by atoms with Crippen LogP contribution in [0, 0.1) is 0 Å². The molecule has 0 amide bonds. The first-order valence-electron chi connectivity index (χ1n) is 6.84. The molecule has 94 valence electrons. The predicted octanol–water partition coefficient (Wildman–Crippen LogP) is 3.48. The molecule has 0 saturated carbocycles. The summed E-state index contributed by atoms with van der Waals surface area (Å²) in [6, 6.07) is 9.65. The van der Waals surface area contributed by atoms with Gasteiger partial charge in [-0.2, -0.15) is 0 Å². The SMILES string of the molecule is CCC1CCCCN1c1ccc(C(C)N)cc1. The molecule has 0 bridgehead atoms. The highest BCUT2D eigenvalue weighted by Gasteiger charge is 2.20. The lowest BCUT2D eigenvalue weighted by Gasteiger charge is -2.37. The van der Waals surface area contributed by atoms with Crippen LogP contribution in [-0.2, 0) is 0 Å². The quantitative estimate of drug-likeness (QED) is 0.864. The Labute approximate surface area is 105 Å². The summed E-state index contributed by atoms with van der Waals surface area (Å²) in [6.45, 7) is 5.53. The summed E-state index contributed by atoms with van der Waals surface area (Å²) >= 11 is 0. The van der Waals surface area contributed by atoms with Crippen LogP contribution in [0.4, 0.5) is 5.69 Å². The Kier molecular flexibility index (Phi) is 4.06. The molecule has 0 spiro atoms. The second-order valence-electron chi connectivity index (χ2n) is 5.13. The van der Waals surface area contributed by atoms with Crippen molar-refractivity contribution >= 4 is 5.69 Å². The first-order valence-corrected chi connectivity index (χ1v) is 6.84. The molecule has 0 radical (unpaired) electrons. The van der Waals surface area contributed by atoms with Crippen LogP contribution < -0.4 is 10.6 Å². The number of benzene rings is 1. The van der Waals surface area contributed by atoms with E-state index < -0.39 is 0 Å². The monoisotopic (exact) mass is 232 g/mol. The van der Waals surface area contributed by atoms with E-state index in [9.17, 15) is 0 Å². The van der Waals surface area contributed by atoms with E-state index in [4.69, 9.17) is 5.73 Å². The Bertz CT molecular complexity index is 342. The van der Waals surface area contributed by atoms with Gasteiger partial charge in [0, 0.05) is 24.3 Å². The fraction of sp³-hybridized carbons (Fsp3) is 0.600. The minimum Gasteiger partial charge on any atom is -0.369 e. The van der Waals surface area contributed by atoms with E-state index in [1.807, 2.05) is 6.92 Å². The molecular formula is C15H24N2. The molecule has 1 aromatic rings. The molecule has 1 saturated heterocycles. The summed E-state index contributed by atoms with van der Waals surface area (Å²) in [4.78, 5) is 2.56. The Morgan fingerprint density at radius 3 is 2.59 bits per heavy atom. The Morgan fingerprint density at radius 2 is 2.00 bits per heavy atom. The van der Waals surface area contributed by atoms with Crippen LogP contribution in [0.5, 0.6) is 0 Å². The summed E-state index contributed by atoms with van der Waals surface area (Å²) in [5.41, 5.74) is 8.47. The predicted molar refractivity (Wildman–Crippen MR) is 74.3 cm³/mol. The van der Waals surface area contributed by atoms with Crippen molar-refractivity contribution in [3.8, 4) is 0 Å². The molecule has 2 nitrogen and oxygen atoms in total. The van der Waals surface area contributed by atoms with E-state index in [0.29, 0.717) is 0 Å². The van der Waals surface area contributed by atoms with Crippen LogP contribution >= 0.6 is 0 Å². The largest absolute Gasteiger partial charge is 0.369 e. The molecule has 2 atom stereocenters. The maximum atomic E-state index is 5.88. The maximum Gasteiger partial charge on any atom is 0.0368 e. The molecular weight excluding hydrogens is 208 g/mol. The van der Waals surface area contributed by atoms with E-state index in [-0.39, 0.29) is 6.04 Å². The van der Waals surface area contributed by atoms with Gasteiger partial charge in [-0.3, -0.25) is 0 Å². The summed E-state index contributed by atoms with van der Waals surface area (Å²) in [5.74, 6) is 0. The molecule has 0 aliphatic carbocycles. The van der Waals surface area contributed by atoms with Crippen molar-refractivity contribution in [1.82, 2.24) is 0 Å². The zero-order chi connectivity index (χ0) is 12.3. The lowest BCUT2D eigenvalue weighted by atomic mass is 9.98. The van der Waals surface area contributed by atoms with Gasteiger partial charge in [0.1, 0.15) is 0 Å². The van der Waals surface area contributed by atoms with Crippen LogP contribution in [0.3, 0.4) is 0 Å². The van der Waals surface area contributed by atoms with E-state index >= 15 is 0 Å². The van der Waals surface area contributed by atoms with E-state index in [2.05, 4.69) is 36.1 Å². The zero-order valence-electron chi connectivity index (χ0n) is 11.0. The normalized spacial score (nSPS) is 22.5. The molecule has 1 heterocycles. The highest BCUT2D eigenvalue weighted by atomic mass is 15.2. The molecule has 0 aromatic heterocycles. The molecule has 1 aromatic carbocycles. The van der Waals surface area contributed by atoms with Gasteiger partial charge in [0.2, 0.25) is 0 Å². The lowest BCUT2D eigenvalue weighted by Crippen LogP contribution is -2.39. The first kappa shape index (κ1) is 12.4. The topological polar surface area (TPSA) is 29.3 Å². The first-order chi connectivity index (χ1) is 8.22. The van der Waals surface area contributed by atoms with Crippen molar-refractivity contribution in [2.24, 2.45) is 5.73 Å². The minimum atomic E-state index is 0.132. The molecule has 1 aliphatic rings. The summed E-state index contributed by atoms with van der Waals surface area (Å²) in [6.07, 6.45) is 5.29. The van der Waals surface area contributed by atoms with Gasteiger partial charge in [0.15, 0.2) is 0 Å². The smallest absolute Gasteiger partial charge is 0.0368 e. The third-order valence-corrected chi connectivity index (χ3v) is 3.85. The van der Waals surface area contributed by atoms with Gasteiger partial charge < -0.3 is 10.6 Å². The molecule has 17 heavy (non-hydrogen) atoms. The van der Waals surface area contributed by atoms with E-state index in [1.54, 1.807) is 0 Å². The van der Waals surface area contributed by atoms with Crippen LogP contribution in [0.15, 0.2) is 24.3 Å². The number of anilines is 1. The molecule has 1 aliphatic heterocycles. The number of nitrogens with zero attached hydrogens (tertiary/aromatic N) is 1. The molecule has 2 N–H and O–H groups in total. The van der Waals surface area contributed by atoms with Gasteiger partial charge >= 0.3 is 0 Å². The average Bonchev–Trinajstić information content (AvgIpc) is 2.39. The van der Waals surface area contributed by atoms with Crippen LogP contribution in [-0.4, -0.2) is 12.6 Å². The molecule has 2 unspecified atom stereocenters. The van der Waals surface area contributed by atoms with Crippen molar-refractivity contribution in [2.45, 2.75) is 51.6 Å². The maximum absolute atomic E-state index is 5.88. The van der Waals surface area contributed by atoms with Crippen molar-refractivity contribution in [3.63, 3.8) is 0 Å². The molecule has 1 fully saturated rings.